The molecule has 7 heteroatoms. The van der Waals surface area contributed by atoms with Crippen LogP contribution < -0.4 is 5.32 Å². The molecule has 2 aromatic rings. The molecule has 0 radical (unpaired) electrons. The van der Waals surface area contributed by atoms with Gasteiger partial charge in [0.25, 0.3) is 0 Å². The first-order chi connectivity index (χ1) is 13.6. The molecule has 1 heterocycles. The van der Waals surface area contributed by atoms with Crippen LogP contribution in [0.4, 0.5) is 13.2 Å². The highest BCUT2D eigenvalue weighted by Crippen LogP contribution is 2.21. The van der Waals surface area contributed by atoms with E-state index in [1.807, 2.05) is 38.1 Å². The van der Waals surface area contributed by atoms with Crippen LogP contribution in [-0.2, 0) is 17.6 Å². The van der Waals surface area contributed by atoms with Gasteiger partial charge in [0.1, 0.15) is 0 Å². The number of hydrogen-bond acceptors (Lipinski definition) is 3. The predicted molar refractivity (Wildman–Crippen MR) is 109 cm³/mol. The number of aromatic nitrogens is 2. The van der Waals surface area contributed by atoms with Crippen molar-refractivity contribution < 1.29 is 18.0 Å². The summed E-state index contributed by atoms with van der Waals surface area (Å²) in [5.74, 6) is 0.285. The van der Waals surface area contributed by atoms with E-state index in [2.05, 4.69) is 29.1 Å². The van der Waals surface area contributed by atoms with Gasteiger partial charge in [0, 0.05) is 12.6 Å². The Kier molecular flexibility index (Phi) is 9.78. The normalized spacial score (nSPS) is 12.2. The molecular formula is C22H30F3N3O. The van der Waals surface area contributed by atoms with Crippen LogP contribution in [0.5, 0.6) is 0 Å². The van der Waals surface area contributed by atoms with Crippen molar-refractivity contribution in [1.29, 1.82) is 0 Å². The van der Waals surface area contributed by atoms with Crippen molar-refractivity contribution in [3.05, 3.63) is 59.2 Å². The number of rotatable bonds is 7. The second-order valence-electron chi connectivity index (χ2n) is 6.91. The van der Waals surface area contributed by atoms with E-state index in [4.69, 9.17) is 0 Å². The Labute approximate surface area is 171 Å². The lowest BCUT2D eigenvalue weighted by atomic mass is 10.0. The number of alkyl halides is 3. The number of benzene rings is 1. The molecule has 0 saturated carbocycles. The molecule has 4 nitrogen and oxygen atoms in total. The Balaban J connectivity index is 0.00000204. The van der Waals surface area contributed by atoms with Crippen molar-refractivity contribution in [3.63, 3.8) is 0 Å². The van der Waals surface area contributed by atoms with Gasteiger partial charge in [-0.2, -0.15) is 13.2 Å². The van der Waals surface area contributed by atoms with Crippen molar-refractivity contribution in [3.8, 4) is 0 Å². The standard InChI is InChI=1S/C20H24F3N3O.C2H6/c1-13(2)16-6-4-15(5-7-16)10-19(27)26-14(3)18-12-24-17(11-25-18)8-9-20(21,22)23;1-2/h4-7,11-14H,8-10H2,1-3H3,(H,26,27);1-2H3. The summed E-state index contributed by atoms with van der Waals surface area (Å²) in [5.41, 5.74) is 2.92. The minimum atomic E-state index is -4.21. The van der Waals surface area contributed by atoms with Crippen molar-refractivity contribution in [2.45, 2.75) is 72.0 Å². The van der Waals surface area contributed by atoms with Gasteiger partial charge >= 0.3 is 6.18 Å². The van der Waals surface area contributed by atoms with E-state index in [1.165, 1.54) is 18.0 Å². The van der Waals surface area contributed by atoms with Gasteiger partial charge in [-0.25, -0.2) is 0 Å². The Morgan fingerprint density at radius 2 is 1.66 bits per heavy atom. The summed E-state index contributed by atoms with van der Waals surface area (Å²) < 4.78 is 36.7. The molecule has 1 unspecified atom stereocenters. The molecule has 1 aromatic carbocycles. The minimum absolute atomic E-state index is 0.150. The maximum absolute atomic E-state index is 12.2. The zero-order valence-electron chi connectivity index (χ0n) is 17.7. The fraction of sp³-hybridized carbons (Fsp3) is 0.500. The molecule has 0 aliphatic heterocycles. The van der Waals surface area contributed by atoms with Crippen LogP contribution in [0.1, 0.15) is 75.5 Å². The van der Waals surface area contributed by atoms with Gasteiger partial charge in [0.2, 0.25) is 5.91 Å². The topological polar surface area (TPSA) is 54.9 Å². The van der Waals surface area contributed by atoms with Gasteiger partial charge in [-0.05, 0) is 30.4 Å². The van der Waals surface area contributed by atoms with Crippen LogP contribution in [0.25, 0.3) is 0 Å². The van der Waals surface area contributed by atoms with Gasteiger partial charge in [-0.1, -0.05) is 52.0 Å². The largest absolute Gasteiger partial charge is 0.389 e. The number of carbonyl (C=O) groups is 1. The quantitative estimate of drug-likeness (QED) is 0.653. The van der Waals surface area contributed by atoms with Gasteiger partial charge in [0.15, 0.2) is 0 Å². The van der Waals surface area contributed by atoms with Gasteiger partial charge in [-0.15, -0.1) is 0 Å². The molecule has 0 saturated heterocycles. The Morgan fingerprint density at radius 3 is 2.14 bits per heavy atom. The van der Waals surface area contributed by atoms with Crippen LogP contribution in [0.15, 0.2) is 36.7 Å². The Morgan fingerprint density at radius 1 is 1.03 bits per heavy atom. The van der Waals surface area contributed by atoms with E-state index >= 15 is 0 Å². The predicted octanol–water partition coefficient (Wildman–Crippen LogP) is 5.54. The maximum Gasteiger partial charge on any atom is 0.389 e. The second-order valence-corrected chi connectivity index (χ2v) is 6.91. The van der Waals surface area contributed by atoms with Crippen molar-refractivity contribution in [2.75, 3.05) is 0 Å². The fourth-order valence-electron chi connectivity index (χ4n) is 2.56. The van der Waals surface area contributed by atoms with E-state index in [-0.39, 0.29) is 30.5 Å². The number of amides is 1. The summed E-state index contributed by atoms with van der Waals surface area (Å²) in [5, 5.41) is 2.84. The molecule has 1 N–H and O–H groups in total. The zero-order chi connectivity index (χ0) is 22.0. The van der Waals surface area contributed by atoms with Crippen LogP contribution in [-0.4, -0.2) is 22.1 Å². The van der Waals surface area contributed by atoms with E-state index in [1.54, 1.807) is 6.92 Å². The second kappa shape index (κ2) is 11.5. The van der Waals surface area contributed by atoms with Crippen molar-refractivity contribution in [1.82, 2.24) is 15.3 Å². The molecule has 2 rings (SSSR count). The molecule has 0 spiro atoms. The molecule has 1 amide bonds. The lowest BCUT2D eigenvalue weighted by Gasteiger charge is -2.14. The van der Waals surface area contributed by atoms with E-state index < -0.39 is 12.6 Å². The van der Waals surface area contributed by atoms with Crippen LogP contribution >= 0.6 is 0 Å². The van der Waals surface area contributed by atoms with Crippen molar-refractivity contribution in [2.24, 2.45) is 0 Å². The van der Waals surface area contributed by atoms with Crippen LogP contribution in [0.2, 0.25) is 0 Å². The summed E-state index contributed by atoms with van der Waals surface area (Å²) in [6.45, 7) is 9.98. The number of carbonyl (C=O) groups excluding carboxylic acids is 1. The van der Waals surface area contributed by atoms with E-state index in [0.717, 1.165) is 5.56 Å². The molecule has 0 aliphatic carbocycles. The monoisotopic (exact) mass is 409 g/mol. The highest BCUT2D eigenvalue weighted by molar-refractivity contribution is 5.78. The number of aryl methyl sites for hydroxylation is 1. The molecule has 1 atom stereocenters. The van der Waals surface area contributed by atoms with Gasteiger partial charge in [0.05, 0.1) is 30.0 Å². The lowest BCUT2D eigenvalue weighted by Crippen LogP contribution is -2.28. The number of halogens is 3. The first kappa shape index (κ1) is 24.6. The zero-order valence-corrected chi connectivity index (χ0v) is 17.7. The summed E-state index contributed by atoms with van der Waals surface area (Å²) in [6.07, 6.45) is -2.36. The molecule has 29 heavy (non-hydrogen) atoms. The third-order valence-electron chi connectivity index (χ3n) is 4.22. The van der Waals surface area contributed by atoms with E-state index in [0.29, 0.717) is 11.6 Å². The molecule has 0 aliphatic rings. The first-order valence-corrected chi connectivity index (χ1v) is 9.90. The molecule has 160 valence electrons. The summed E-state index contributed by atoms with van der Waals surface area (Å²) in [7, 11) is 0. The molecule has 0 fully saturated rings. The molecule has 1 aromatic heterocycles. The van der Waals surface area contributed by atoms with Crippen LogP contribution in [0.3, 0.4) is 0 Å². The molecular weight excluding hydrogens is 379 g/mol. The van der Waals surface area contributed by atoms with Crippen LogP contribution in [0, 0.1) is 0 Å². The van der Waals surface area contributed by atoms with Gasteiger partial charge < -0.3 is 5.32 Å². The highest BCUT2D eigenvalue weighted by atomic mass is 19.4. The average molecular weight is 409 g/mol. The number of nitrogens with zero attached hydrogens (tertiary/aromatic N) is 2. The van der Waals surface area contributed by atoms with Crippen molar-refractivity contribution >= 4 is 5.91 Å². The Bertz CT molecular complexity index is 741. The summed E-state index contributed by atoms with van der Waals surface area (Å²) in [6, 6.07) is 7.53. The summed E-state index contributed by atoms with van der Waals surface area (Å²) >= 11 is 0. The maximum atomic E-state index is 12.2. The van der Waals surface area contributed by atoms with E-state index in [9.17, 15) is 18.0 Å². The third-order valence-corrected chi connectivity index (χ3v) is 4.22. The van der Waals surface area contributed by atoms with Gasteiger partial charge in [-0.3, -0.25) is 14.8 Å². The average Bonchev–Trinajstić information content (AvgIpc) is 2.68. The first-order valence-electron chi connectivity index (χ1n) is 9.90. The SMILES string of the molecule is CC.CC(C)c1ccc(CC(=O)NC(C)c2cnc(CCC(F)(F)F)cn2)cc1. The fourth-order valence-corrected chi connectivity index (χ4v) is 2.56. The minimum Gasteiger partial charge on any atom is -0.348 e. The smallest absolute Gasteiger partial charge is 0.348 e. The molecule has 0 bridgehead atoms. The Hall–Kier alpha value is -2.44. The highest BCUT2D eigenvalue weighted by Gasteiger charge is 2.26. The number of hydrogen-bond donors (Lipinski definition) is 1. The third kappa shape index (κ3) is 9.07. The number of nitrogens with one attached hydrogen (secondary N) is 1. The summed E-state index contributed by atoms with van der Waals surface area (Å²) in [4.78, 5) is 20.3. The lowest BCUT2D eigenvalue weighted by molar-refractivity contribution is -0.134.